The monoisotopic (exact) mass is 364 g/mol. The van der Waals surface area contributed by atoms with Gasteiger partial charge in [0, 0.05) is 0 Å². The summed E-state index contributed by atoms with van der Waals surface area (Å²) in [6.45, 7) is 2.55. The van der Waals surface area contributed by atoms with Crippen LogP contribution in [0.3, 0.4) is 0 Å². The van der Waals surface area contributed by atoms with Crippen molar-refractivity contribution in [3.8, 4) is 0 Å². The zero-order chi connectivity index (χ0) is 16.8. The summed E-state index contributed by atoms with van der Waals surface area (Å²) >= 11 is 0. The van der Waals surface area contributed by atoms with Gasteiger partial charge in [-0.25, -0.2) is 0 Å². The van der Waals surface area contributed by atoms with Gasteiger partial charge in [-0.1, -0.05) is 95.0 Å². The maximum absolute atomic E-state index is 11.8. The van der Waals surface area contributed by atoms with E-state index in [4.69, 9.17) is 4.18 Å². The van der Waals surface area contributed by atoms with Crippen LogP contribution in [-0.2, 0) is 20.1 Å². The minimum absolute atomic E-state index is 0. The van der Waals surface area contributed by atoms with Crippen LogP contribution in [-0.4, -0.2) is 44.6 Å². The summed E-state index contributed by atoms with van der Waals surface area (Å²) in [5.41, 5.74) is 0.774. The molecule has 0 aliphatic rings. The summed E-state index contributed by atoms with van der Waals surface area (Å²) in [5.74, 6) is -0.0361. The molecule has 0 spiro atoms. The minimum atomic E-state index is -3.44. The van der Waals surface area contributed by atoms with Gasteiger partial charge >= 0.3 is 29.6 Å². The van der Waals surface area contributed by atoms with E-state index in [2.05, 4.69) is 6.92 Å². The van der Waals surface area contributed by atoms with E-state index in [1.165, 1.54) is 51.4 Å². The van der Waals surface area contributed by atoms with E-state index in [1.54, 1.807) is 12.1 Å². The fraction of sp³-hybridized carbons (Fsp3) is 0.684. The molecule has 0 aliphatic carbocycles. The molecular weight excluding hydrogens is 331 g/mol. The summed E-state index contributed by atoms with van der Waals surface area (Å²) in [7, 11) is -3.44. The molecule has 0 heterocycles. The van der Waals surface area contributed by atoms with Gasteiger partial charge in [-0.05, 0) is 12.0 Å². The van der Waals surface area contributed by atoms with E-state index in [1.807, 2.05) is 18.2 Å². The van der Waals surface area contributed by atoms with Crippen LogP contribution in [0.4, 0.5) is 0 Å². The SMILES string of the molecule is CCCCCCCCCCCCOS(=O)(=O)Cc1ccccc1.[NaH]. The molecule has 3 nitrogen and oxygen atoms in total. The van der Waals surface area contributed by atoms with Crippen molar-refractivity contribution < 1.29 is 12.6 Å². The standard InChI is InChI=1S/C19H32O3S.Na.H/c1-2-3-4-5-6-7-8-9-10-14-17-22-23(20,21)18-19-15-12-11-13-16-19;;/h11-13,15-16H,2-10,14,17-18H2,1H3;;. The molecule has 0 aliphatic heterocycles. The van der Waals surface area contributed by atoms with E-state index in [9.17, 15) is 8.42 Å². The van der Waals surface area contributed by atoms with Gasteiger partial charge in [0.15, 0.2) is 0 Å². The van der Waals surface area contributed by atoms with E-state index >= 15 is 0 Å². The first kappa shape index (κ1) is 24.1. The molecule has 24 heavy (non-hydrogen) atoms. The van der Waals surface area contributed by atoms with E-state index < -0.39 is 10.1 Å². The molecule has 0 bridgehead atoms. The molecule has 134 valence electrons. The molecule has 5 heteroatoms. The Kier molecular flexibility index (Phi) is 15.5. The quantitative estimate of drug-likeness (QED) is 0.270. The Hall–Kier alpha value is 0.130. The Bertz CT molecular complexity index is 489. The molecule has 0 atom stereocenters. The molecule has 0 aromatic heterocycles. The first-order valence-corrected chi connectivity index (χ1v) is 10.6. The summed E-state index contributed by atoms with van der Waals surface area (Å²) < 4.78 is 28.8. The zero-order valence-electron chi connectivity index (χ0n) is 14.5. The number of rotatable bonds is 14. The Balaban J connectivity index is 0.00000529. The zero-order valence-corrected chi connectivity index (χ0v) is 15.3. The first-order chi connectivity index (χ1) is 11.1. The molecule has 1 aromatic rings. The van der Waals surface area contributed by atoms with Gasteiger partial charge in [0.1, 0.15) is 5.75 Å². The van der Waals surface area contributed by atoms with Crippen LogP contribution in [0.1, 0.15) is 76.7 Å². The van der Waals surface area contributed by atoms with Gasteiger partial charge in [0.2, 0.25) is 0 Å². The van der Waals surface area contributed by atoms with Gasteiger partial charge < -0.3 is 0 Å². The number of hydrogen-bond acceptors (Lipinski definition) is 3. The van der Waals surface area contributed by atoms with Crippen LogP contribution in [0.15, 0.2) is 30.3 Å². The van der Waals surface area contributed by atoms with Crippen LogP contribution in [0.5, 0.6) is 0 Å². The summed E-state index contributed by atoms with van der Waals surface area (Å²) in [6.07, 6.45) is 12.3. The molecule has 0 unspecified atom stereocenters. The summed E-state index contributed by atoms with van der Waals surface area (Å²) in [5, 5.41) is 0. The second-order valence-corrected chi connectivity index (χ2v) is 7.83. The van der Waals surface area contributed by atoms with Crippen LogP contribution in [0.2, 0.25) is 0 Å². The molecule has 1 aromatic carbocycles. The van der Waals surface area contributed by atoms with Crippen molar-refractivity contribution in [3.63, 3.8) is 0 Å². The van der Waals surface area contributed by atoms with Gasteiger partial charge in [-0.3, -0.25) is 4.18 Å². The van der Waals surface area contributed by atoms with Crippen molar-refractivity contribution in [2.24, 2.45) is 0 Å². The third-order valence-electron chi connectivity index (χ3n) is 3.95. The van der Waals surface area contributed by atoms with Gasteiger partial charge in [-0.2, -0.15) is 8.42 Å². The van der Waals surface area contributed by atoms with Crippen molar-refractivity contribution in [1.29, 1.82) is 0 Å². The topological polar surface area (TPSA) is 43.4 Å². The molecule has 0 N–H and O–H groups in total. The Labute approximate surface area is 171 Å². The van der Waals surface area contributed by atoms with Crippen molar-refractivity contribution in [2.75, 3.05) is 6.61 Å². The second kappa shape index (κ2) is 15.4. The Morgan fingerprint density at radius 2 is 1.29 bits per heavy atom. The molecule has 0 saturated carbocycles. The van der Waals surface area contributed by atoms with Crippen LogP contribution in [0, 0.1) is 0 Å². The second-order valence-electron chi connectivity index (χ2n) is 6.19. The molecule has 0 fully saturated rings. The molecule has 0 amide bonds. The van der Waals surface area contributed by atoms with E-state index in [-0.39, 0.29) is 35.3 Å². The predicted octanol–water partition coefficient (Wildman–Crippen LogP) is 4.81. The number of unbranched alkanes of at least 4 members (excludes halogenated alkanes) is 9. The van der Waals surface area contributed by atoms with Gasteiger partial charge in [-0.15, -0.1) is 0 Å². The Morgan fingerprint density at radius 3 is 1.83 bits per heavy atom. The third-order valence-corrected chi connectivity index (χ3v) is 5.16. The summed E-state index contributed by atoms with van der Waals surface area (Å²) in [6, 6.07) is 9.17. The van der Waals surface area contributed by atoms with E-state index in [0.717, 1.165) is 18.4 Å². The molecule has 1 rings (SSSR count). The van der Waals surface area contributed by atoms with Gasteiger partial charge in [0.05, 0.1) is 6.61 Å². The summed E-state index contributed by atoms with van der Waals surface area (Å²) in [4.78, 5) is 0. The Morgan fingerprint density at radius 1 is 0.792 bits per heavy atom. The van der Waals surface area contributed by atoms with Crippen LogP contribution in [0.25, 0.3) is 0 Å². The van der Waals surface area contributed by atoms with Crippen molar-refractivity contribution >= 4 is 39.7 Å². The fourth-order valence-corrected chi connectivity index (χ4v) is 3.65. The fourth-order valence-electron chi connectivity index (χ4n) is 2.60. The van der Waals surface area contributed by atoms with Gasteiger partial charge in [0.25, 0.3) is 10.1 Å². The first-order valence-electron chi connectivity index (χ1n) is 9.05. The van der Waals surface area contributed by atoms with Crippen molar-refractivity contribution in [3.05, 3.63) is 35.9 Å². The number of benzene rings is 1. The molecular formula is C19H33NaO3S. The average molecular weight is 365 g/mol. The van der Waals surface area contributed by atoms with Crippen LogP contribution < -0.4 is 0 Å². The van der Waals surface area contributed by atoms with Crippen molar-refractivity contribution in [1.82, 2.24) is 0 Å². The molecule has 0 radical (unpaired) electrons. The predicted molar refractivity (Wildman–Crippen MR) is 104 cm³/mol. The maximum atomic E-state index is 11.8. The third kappa shape index (κ3) is 13.4. The van der Waals surface area contributed by atoms with Crippen molar-refractivity contribution in [2.45, 2.75) is 76.9 Å². The van der Waals surface area contributed by atoms with Crippen LogP contribution >= 0.6 is 0 Å². The average Bonchev–Trinajstić information content (AvgIpc) is 2.53. The normalized spacial score (nSPS) is 11.2. The number of hydrogen-bond donors (Lipinski definition) is 0. The molecule has 0 saturated heterocycles. The van der Waals surface area contributed by atoms with E-state index in [0.29, 0.717) is 6.61 Å².